The Balaban J connectivity index is 1.41. The molecule has 154 valence electrons. The second kappa shape index (κ2) is 8.09. The molecule has 2 aromatic rings. The van der Waals surface area contributed by atoms with Gasteiger partial charge in [-0.2, -0.15) is 4.31 Å². The number of aryl methyl sites for hydroxylation is 3. The molecule has 0 aromatic heterocycles. The summed E-state index contributed by atoms with van der Waals surface area (Å²) >= 11 is 6.02. The highest BCUT2D eigenvalue weighted by molar-refractivity contribution is 7.89. The number of rotatable bonds is 4. The maximum absolute atomic E-state index is 13.0. The van der Waals surface area contributed by atoms with Crippen LogP contribution in [0.25, 0.3) is 0 Å². The SMILES string of the molecule is Cc1ccc(Cl)cc1NC(=O)C1CCN(S(=O)(=O)c2ccc3c(c2)CCC3)CC1. The molecule has 4 rings (SSSR count). The molecule has 0 spiro atoms. The van der Waals surface area contributed by atoms with E-state index >= 15 is 0 Å². The third-order valence-electron chi connectivity index (χ3n) is 5.99. The van der Waals surface area contributed by atoms with E-state index in [-0.39, 0.29) is 11.8 Å². The van der Waals surface area contributed by atoms with Crippen LogP contribution in [0.3, 0.4) is 0 Å². The van der Waals surface area contributed by atoms with Crippen LogP contribution in [0.5, 0.6) is 0 Å². The predicted octanol–water partition coefficient (Wildman–Crippen LogP) is 4.18. The molecule has 0 unspecified atom stereocenters. The summed E-state index contributed by atoms with van der Waals surface area (Å²) < 4.78 is 27.6. The average molecular weight is 433 g/mol. The fourth-order valence-corrected chi connectivity index (χ4v) is 5.87. The van der Waals surface area contributed by atoms with Gasteiger partial charge in [-0.25, -0.2) is 8.42 Å². The van der Waals surface area contributed by atoms with Crippen LogP contribution >= 0.6 is 11.6 Å². The number of hydrogen-bond acceptors (Lipinski definition) is 3. The van der Waals surface area contributed by atoms with Crippen LogP contribution in [0.4, 0.5) is 5.69 Å². The summed E-state index contributed by atoms with van der Waals surface area (Å²) in [6, 6.07) is 10.9. The fourth-order valence-electron chi connectivity index (χ4n) is 4.18. The molecule has 1 amide bonds. The largest absolute Gasteiger partial charge is 0.326 e. The highest BCUT2D eigenvalue weighted by Crippen LogP contribution is 2.29. The van der Waals surface area contributed by atoms with Crippen molar-refractivity contribution < 1.29 is 13.2 Å². The van der Waals surface area contributed by atoms with E-state index in [0.29, 0.717) is 41.5 Å². The summed E-state index contributed by atoms with van der Waals surface area (Å²) in [5.74, 6) is -0.287. The van der Waals surface area contributed by atoms with Crippen molar-refractivity contribution >= 4 is 33.2 Å². The molecule has 5 nitrogen and oxygen atoms in total. The first-order chi connectivity index (χ1) is 13.8. The van der Waals surface area contributed by atoms with Gasteiger partial charge < -0.3 is 5.32 Å². The fraction of sp³-hybridized carbons (Fsp3) is 0.409. The van der Waals surface area contributed by atoms with Gasteiger partial charge in [0.05, 0.1) is 4.90 Å². The van der Waals surface area contributed by atoms with Crippen molar-refractivity contribution in [3.05, 3.63) is 58.1 Å². The number of sulfonamides is 1. The number of nitrogens with one attached hydrogen (secondary N) is 1. The van der Waals surface area contributed by atoms with Crippen LogP contribution in [-0.2, 0) is 27.7 Å². The number of fused-ring (bicyclic) bond motifs is 1. The lowest BCUT2D eigenvalue weighted by Gasteiger charge is -2.30. The van der Waals surface area contributed by atoms with Gasteiger partial charge in [0.25, 0.3) is 0 Å². The van der Waals surface area contributed by atoms with E-state index in [9.17, 15) is 13.2 Å². The minimum atomic E-state index is -3.52. The second-order valence-corrected chi connectivity index (χ2v) is 10.3. The predicted molar refractivity (Wildman–Crippen MR) is 115 cm³/mol. The number of amides is 1. The maximum Gasteiger partial charge on any atom is 0.243 e. The van der Waals surface area contributed by atoms with E-state index in [4.69, 9.17) is 11.6 Å². The Morgan fingerprint density at radius 3 is 2.55 bits per heavy atom. The number of halogens is 1. The molecule has 2 aromatic carbocycles. The molecule has 1 fully saturated rings. The molecular weight excluding hydrogens is 408 g/mol. The van der Waals surface area contributed by atoms with E-state index < -0.39 is 10.0 Å². The van der Waals surface area contributed by atoms with Crippen LogP contribution in [-0.4, -0.2) is 31.7 Å². The van der Waals surface area contributed by atoms with Crippen molar-refractivity contribution in [2.24, 2.45) is 5.92 Å². The molecule has 0 radical (unpaired) electrons. The Hall–Kier alpha value is -1.89. The lowest BCUT2D eigenvalue weighted by Crippen LogP contribution is -2.41. The first-order valence-electron chi connectivity index (χ1n) is 10.0. The molecule has 1 aliphatic heterocycles. The second-order valence-electron chi connectivity index (χ2n) is 7.91. The molecule has 0 atom stereocenters. The lowest BCUT2D eigenvalue weighted by molar-refractivity contribution is -0.120. The maximum atomic E-state index is 13.0. The van der Waals surface area contributed by atoms with Crippen LogP contribution < -0.4 is 5.32 Å². The zero-order chi connectivity index (χ0) is 20.6. The number of carbonyl (C=O) groups excluding carboxylic acids is 1. The molecule has 29 heavy (non-hydrogen) atoms. The highest BCUT2D eigenvalue weighted by Gasteiger charge is 2.32. The summed E-state index contributed by atoms with van der Waals surface area (Å²) in [5.41, 5.74) is 4.06. The lowest BCUT2D eigenvalue weighted by atomic mass is 9.97. The molecule has 1 saturated heterocycles. The first kappa shape index (κ1) is 20.4. The van der Waals surface area contributed by atoms with E-state index in [1.54, 1.807) is 18.2 Å². The Morgan fingerprint density at radius 2 is 1.79 bits per heavy atom. The average Bonchev–Trinajstić information content (AvgIpc) is 3.18. The van der Waals surface area contributed by atoms with Gasteiger partial charge in [-0.15, -0.1) is 0 Å². The van der Waals surface area contributed by atoms with Gasteiger partial charge >= 0.3 is 0 Å². The number of nitrogens with zero attached hydrogens (tertiary/aromatic N) is 1. The van der Waals surface area contributed by atoms with Crippen LogP contribution in [0.2, 0.25) is 5.02 Å². The van der Waals surface area contributed by atoms with Gasteiger partial charge in [-0.1, -0.05) is 23.7 Å². The van der Waals surface area contributed by atoms with E-state index in [0.717, 1.165) is 30.4 Å². The molecule has 7 heteroatoms. The Morgan fingerprint density at radius 1 is 1.07 bits per heavy atom. The van der Waals surface area contributed by atoms with Crippen LogP contribution in [0, 0.1) is 12.8 Å². The minimum Gasteiger partial charge on any atom is -0.326 e. The Bertz CT molecular complexity index is 1040. The van der Waals surface area contributed by atoms with Gasteiger partial charge in [0.1, 0.15) is 0 Å². The number of anilines is 1. The third-order valence-corrected chi connectivity index (χ3v) is 8.12. The van der Waals surface area contributed by atoms with E-state index in [1.807, 2.05) is 25.1 Å². The van der Waals surface area contributed by atoms with E-state index in [2.05, 4.69) is 5.32 Å². The smallest absolute Gasteiger partial charge is 0.243 e. The standard InChI is InChI=1S/C22H25ClN2O3S/c1-15-5-7-19(23)14-21(15)24-22(26)17-9-11-25(12-10-17)29(27,28)20-8-6-16-3-2-4-18(16)13-20/h5-8,13-14,17H,2-4,9-12H2,1H3,(H,24,26). The van der Waals surface area contributed by atoms with Gasteiger partial charge in [0, 0.05) is 29.7 Å². The normalized spacial score (nSPS) is 17.9. The molecule has 1 aliphatic carbocycles. The number of hydrogen-bond donors (Lipinski definition) is 1. The van der Waals surface area contributed by atoms with Crippen LogP contribution in [0.15, 0.2) is 41.3 Å². The van der Waals surface area contributed by atoms with Gasteiger partial charge in [-0.05, 0) is 80.0 Å². The van der Waals surface area contributed by atoms with Crippen molar-refractivity contribution in [3.63, 3.8) is 0 Å². The third kappa shape index (κ3) is 4.20. The Kier molecular flexibility index (Phi) is 5.69. The van der Waals surface area contributed by atoms with Gasteiger partial charge in [0.15, 0.2) is 0 Å². The summed E-state index contributed by atoms with van der Waals surface area (Å²) in [6.45, 7) is 2.62. The zero-order valence-corrected chi connectivity index (χ0v) is 18.0. The number of piperidine rings is 1. The minimum absolute atomic E-state index is 0.0788. The molecule has 1 N–H and O–H groups in total. The first-order valence-corrected chi connectivity index (χ1v) is 11.9. The number of carbonyl (C=O) groups is 1. The molecule has 2 aliphatic rings. The van der Waals surface area contributed by atoms with Crippen molar-refractivity contribution in [3.8, 4) is 0 Å². The summed E-state index contributed by atoms with van der Waals surface area (Å²) in [4.78, 5) is 13.0. The number of benzene rings is 2. The van der Waals surface area contributed by atoms with Crippen molar-refractivity contribution in [1.82, 2.24) is 4.31 Å². The van der Waals surface area contributed by atoms with Gasteiger partial charge in [0.2, 0.25) is 15.9 Å². The monoisotopic (exact) mass is 432 g/mol. The highest BCUT2D eigenvalue weighted by atomic mass is 35.5. The van der Waals surface area contributed by atoms with Crippen LogP contribution in [0.1, 0.15) is 36.0 Å². The zero-order valence-electron chi connectivity index (χ0n) is 16.4. The Labute approximate surface area is 177 Å². The quantitative estimate of drug-likeness (QED) is 0.788. The van der Waals surface area contributed by atoms with E-state index in [1.165, 1.54) is 9.87 Å². The van der Waals surface area contributed by atoms with Crippen molar-refractivity contribution in [2.45, 2.75) is 43.9 Å². The molecule has 0 bridgehead atoms. The van der Waals surface area contributed by atoms with Crippen molar-refractivity contribution in [1.29, 1.82) is 0 Å². The van der Waals surface area contributed by atoms with Crippen molar-refractivity contribution in [2.75, 3.05) is 18.4 Å². The molecule has 0 saturated carbocycles. The summed E-state index contributed by atoms with van der Waals surface area (Å²) in [6.07, 6.45) is 4.09. The summed E-state index contributed by atoms with van der Waals surface area (Å²) in [7, 11) is -3.52. The molecule has 1 heterocycles. The van der Waals surface area contributed by atoms with Gasteiger partial charge in [-0.3, -0.25) is 4.79 Å². The summed E-state index contributed by atoms with van der Waals surface area (Å²) in [5, 5.41) is 3.51. The topological polar surface area (TPSA) is 66.5 Å². The molecular formula is C22H25ClN2O3S.